The number of hydrogen-bond donors (Lipinski definition) is 0. The normalized spacial score (nSPS) is 12.1. The van der Waals surface area contributed by atoms with Gasteiger partial charge in [-0.3, -0.25) is 0 Å². The molecule has 0 saturated heterocycles. The molecule has 0 aliphatic heterocycles. The lowest BCUT2D eigenvalue weighted by atomic mass is 10.3. The first kappa shape index (κ1) is 9.70. The highest BCUT2D eigenvalue weighted by molar-refractivity contribution is 8.13. The Bertz CT molecular complexity index is 637. The van der Waals surface area contributed by atoms with Crippen molar-refractivity contribution in [1.29, 1.82) is 0 Å². The Kier molecular flexibility index (Phi) is 2.13. The molecule has 1 aromatic heterocycles. The van der Waals surface area contributed by atoms with E-state index in [1.54, 1.807) is 0 Å². The van der Waals surface area contributed by atoms with E-state index in [0.717, 1.165) is 11.3 Å². The molecule has 0 unspecified atom stereocenters. The third-order valence-corrected chi connectivity index (χ3v) is 3.72. The molecule has 0 aliphatic carbocycles. The number of fused-ring (bicyclic) bond motifs is 1. The summed E-state index contributed by atoms with van der Waals surface area (Å²) in [7, 11) is 1.38. The zero-order valence-corrected chi connectivity index (χ0v) is 8.95. The van der Waals surface area contributed by atoms with Crippen LogP contribution in [0, 0.1) is 0 Å². The maximum Gasteiger partial charge on any atom is 0.396 e. The van der Waals surface area contributed by atoms with Crippen molar-refractivity contribution >= 4 is 41.4 Å². The standard InChI is InChI=1S/C7H3ClO4S2/c8-14(10,11)4-1-2-5-6(3-4)13-7(9)12-5/h1-3H. The molecule has 0 saturated carbocycles. The Labute approximate surface area is 87.2 Å². The second-order valence-electron chi connectivity index (χ2n) is 2.50. The van der Waals surface area contributed by atoms with Crippen molar-refractivity contribution in [2.24, 2.45) is 0 Å². The van der Waals surface area contributed by atoms with Gasteiger partial charge in [0, 0.05) is 10.7 Å². The summed E-state index contributed by atoms with van der Waals surface area (Å²) in [6.07, 6.45) is 0. The third kappa shape index (κ3) is 1.68. The molecule has 0 fully saturated rings. The lowest BCUT2D eigenvalue weighted by Crippen LogP contribution is -1.88. The summed E-state index contributed by atoms with van der Waals surface area (Å²) in [5.74, 6) is 0. The molecule has 7 heteroatoms. The lowest BCUT2D eigenvalue weighted by molar-refractivity contribution is 0.585. The highest BCUT2D eigenvalue weighted by Gasteiger charge is 2.12. The molecule has 14 heavy (non-hydrogen) atoms. The van der Waals surface area contributed by atoms with Gasteiger partial charge in [-0.15, -0.1) is 0 Å². The van der Waals surface area contributed by atoms with Crippen LogP contribution in [0.3, 0.4) is 0 Å². The molecular weight excluding hydrogens is 248 g/mol. The van der Waals surface area contributed by atoms with Gasteiger partial charge >= 0.3 is 4.94 Å². The van der Waals surface area contributed by atoms with Crippen LogP contribution in [0.25, 0.3) is 10.3 Å². The minimum absolute atomic E-state index is 0.0382. The zero-order valence-electron chi connectivity index (χ0n) is 6.56. The number of rotatable bonds is 1. The van der Waals surface area contributed by atoms with Gasteiger partial charge in [0.1, 0.15) is 5.58 Å². The molecule has 1 heterocycles. The Morgan fingerprint density at radius 1 is 1.36 bits per heavy atom. The molecule has 2 aromatic rings. The van der Waals surface area contributed by atoms with Crippen LogP contribution in [-0.4, -0.2) is 8.42 Å². The first-order valence-corrected chi connectivity index (χ1v) is 6.58. The van der Waals surface area contributed by atoms with Crippen molar-refractivity contribution in [2.75, 3.05) is 0 Å². The van der Waals surface area contributed by atoms with Crippen molar-refractivity contribution in [1.82, 2.24) is 0 Å². The number of hydrogen-bond acceptors (Lipinski definition) is 5. The maximum absolute atomic E-state index is 10.9. The average molecular weight is 251 g/mol. The fourth-order valence-electron chi connectivity index (χ4n) is 1.00. The molecule has 0 atom stereocenters. The largest absolute Gasteiger partial charge is 0.414 e. The zero-order chi connectivity index (χ0) is 10.3. The smallest absolute Gasteiger partial charge is 0.396 e. The molecule has 0 spiro atoms. The lowest BCUT2D eigenvalue weighted by Gasteiger charge is -1.93. The highest BCUT2D eigenvalue weighted by Crippen LogP contribution is 2.23. The van der Waals surface area contributed by atoms with E-state index in [9.17, 15) is 13.2 Å². The summed E-state index contributed by atoms with van der Waals surface area (Å²) in [5, 5.41) is 0. The van der Waals surface area contributed by atoms with Gasteiger partial charge in [0.15, 0.2) is 0 Å². The Morgan fingerprint density at radius 3 is 2.71 bits per heavy atom. The van der Waals surface area contributed by atoms with Crippen LogP contribution in [0.1, 0.15) is 0 Å². The van der Waals surface area contributed by atoms with Gasteiger partial charge in [-0.25, -0.2) is 13.2 Å². The summed E-state index contributed by atoms with van der Waals surface area (Å²) in [6, 6.07) is 4.01. The minimum Gasteiger partial charge on any atom is -0.414 e. The Balaban J connectivity index is 2.80. The Morgan fingerprint density at radius 2 is 2.07 bits per heavy atom. The van der Waals surface area contributed by atoms with E-state index in [2.05, 4.69) is 0 Å². The number of halogens is 1. The molecule has 0 bridgehead atoms. The van der Waals surface area contributed by atoms with Crippen LogP contribution in [-0.2, 0) is 9.05 Å². The predicted octanol–water partition coefficient (Wildman–Crippen LogP) is 1.78. The molecule has 0 N–H and O–H groups in total. The summed E-state index contributed by atoms with van der Waals surface area (Å²) in [6.45, 7) is 0. The van der Waals surface area contributed by atoms with Crippen LogP contribution in [0.2, 0.25) is 0 Å². The van der Waals surface area contributed by atoms with E-state index in [-0.39, 0.29) is 4.90 Å². The van der Waals surface area contributed by atoms with Crippen LogP contribution in [0.5, 0.6) is 0 Å². The SMILES string of the molecule is O=c1oc2ccc(S(=O)(=O)Cl)cc2s1. The quantitative estimate of drug-likeness (QED) is 0.724. The predicted molar refractivity (Wildman–Crippen MR) is 53.4 cm³/mol. The van der Waals surface area contributed by atoms with Gasteiger partial charge in [0.05, 0.1) is 9.60 Å². The van der Waals surface area contributed by atoms with Gasteiger partial charge in [0.2, 0.25) is 0 Å². The topological polar surface area (TPSA) is 64.3 Å². The van der Waals surface area contributed by atoms with Crippen LogP contribution >= 0.6 is 22.0 Å². The molecule has 74 valence electrons. The van der Waals surface area contributed by atoms with E-state index < -0.39 is 14.0 Å². The Hall–Kier alpha value is -0.850. The fraction of sp³-hybridized carbons (Fsp3) is 0. The fourth-order valence-corrected chi connectivity index (χ4v) is 2.56. The van der Waals surface area contributed by atoms with Gasteiger partial charge in [-0.1, -0.05) is 11.3 Å². The van der Waals surface area contributed by atoms with Crippen LogP contribution in [0.15, 0.2) is 32.3 Å². The molecule has 2 rings (SSSR count). The van der Waals surface area contributed by atoms with Gasteiger partial charge in [0.25, 0.3) is 9.05 Å². The highest BCUT2D eigenvalue weighted by atomic mass is 35.7. The first-order chi connectivity index (χ1) is 6.47. The molecule has 4 nitrogen and oxygen atoms in total. The molecule has 0 radical (unpaired) electrons. The van der Waals surface area contributed by atoms with Crippen molar-refractivity contribution in [2.45, 2.75) is 4.90 Å². The van der Waals surface area contributed by atoms with Crippen LogP contribution < -0.4 is 4.94 Å². The second-order valence-corrected chi connectivity index (χ2v) is 6.04. The van der Waals surface area contributed by atoms with Gasteiger partial charge < -0.3 is 4.42 Å². The van der Waals surface area contributed by atoms with Crippen molar-refractivity contribution in [3.05, 3.63) is 27.9 Å². The first-order valence-electron chi connectivity index (χ1n) is 3.45. The summed E-state index contributed by atoms with van der Waals surface area (Å²) < 4.78 is 27.1. The summed E-state index contributed by atoms with van der Waals surface area (Å²) in [4.78, 5) is 10.3. The monoisotopic (exact) mass is 250 g/mol. The van der Waals surface area contributed by atoms with E-state index in [4.69, 9.17) is 15.1 Å². The minimum atomic E-state index is -3.75. The molecule has 0 amide bonds. The van der Waals surface area contributed by atoms with Crippen molar-refractivity contribution in [3.8, 4) is 0 Å². The average Bonchev–Trinajstić information content (AvgIpc) is 2.41. The third-order valence-electron chi connectivity index (χ3n) is 1.58. The van der Waals surface area contributed by atoms with E-state index >= 15 is 0 Å². The van der Waals surface area contributed by atoms with Crippen molar-refractivity contribution < 1.29 is 12.8 Å². The van der Waals surface area contributed by atoms with Crippen LogP contribution in [0.4, 0.5) is 0 Å². The van der Waals surface area contributed by atoms with E-state index in [0.29, 0.717) is 10.3 Å². The summed E-state index contributed by atoms with van der Waals surface area (Å²) in [5.41, 5.74) is 0.365. The molecule has 0 aliphatic rings. The number of benzene rings is 1. The van der Waals surface area contributed by atoms with Gasteiger partial charge in [-0.2, -0.15) is 0 Å². The molecule has 1 aromatic carbocycles. The second kappa shape index (κ2) is 3.08. The maximum atomic E-state index is 10.9. The summed E-state index contributed by atoms with van der Waals surface area (Å²) >= 11 is 0.837. The molecular formula is C7H3ClO4S2. The van der Waals surface area contributed by atoms with E-state index in [1.165, 1.54) is 18.2 Å². The van der Waals surface area contributed by atoms with E-state index in [1.807, 2.05) is 0 Å². The van der Waals surface area contributed by atoms with Crippen molar-refractivity contribution in [3.63, 3.8) is 0 Å². The van der Waals surface area contributed by atoms with Gasteiger partial charge in [-0.05, 0) is 18.2 Å².